The van der Waals surface area contributed by atoms with Crippen molar-refractivity contribution in [2.45, 2.75) is 29.6 Å². The highest BCUT2D eigenvalue weighted by molar-refractivity contribution is 7.93. The zero-order chi connectivity index (χ0) is 21.1. The van der Waals surface area contributed by atoms with E-state index in [0.29, 0.717) is 23.1 Å². The van der Waals surface area contributed by atoms with E-state index in [0.717, 1.165) is 16.7 Å². The molecule has 0 aliphatic heterocycles. The van der Waals surface area contributed by atoms with Gasteiger partial charge in [0.05, 0.1) is 16.2 Å². The largest absolute Gasteiger partial charge is 0.488 e. The molecule has 0 saturated carbocycles. The Morgan fingerprint density at radius 2 is 1.53 bits per heavy atom. The number of benzene rings is 3. The van der Waals surface area contributed by atoms with Crippen LogP contribution in [0.15, 0.2) is 88.0 Å². The average Bonchev–Trinajstić information content (AvgIpc) is 3.16. The van der Waals surface area contributed by atoms with Gasteiger partial charge in [-0.3, -0.25) is 0 Å². The van der Waals surface area contributed by atoms with E-state index in [1.165, 1.54) is 11.3 Å². The average molecular weight is 436 g/mol. The van der Waals surface area contributed by atoms with E-state index in [1.807, 2.05) is 61.5 Å². The Labute approximate surface area is 180 Å². The Kier molecular flexibility index (Phi) is 5.70. The smallest absolute Gasteiger partial charge is 0.217 e. The molecule has 0 saturated heterocycles. The number of aryl methyl sites for hydroxylation is 2. The summed E-state index contributed by atoms with van der Waals surface area (Å²) in [6.07, 6.45) is 0. The molecule has 0 unspecified atom stereocenters. The maximum absolute atomic E-state index is 13.1. The zero-order valence-electron chi connectivity index (χ0n) is 16.7. The Hall–Kier alpha value is -2.96. The number of aromatic nitrogens is 1. The first-order valence-corrected chi connectivity index (χ1v) is 11.8. The molecule has 0 atom stereocenters. The fourth-order valence-electron chi connectivity index (χ4n) is 3.08. The van der Waals surface area contributed by atoms with Crippen molar-refractivity contribution in [1.29, 1.82) is 0 Å². The van der Waals surface area contributed by atoms with E-state index in [2.05, 4.69) is 4.98 Å². The molecule has 0 bridgehead atoms. The predicted molar refractivity (Wildman–Crippen MR) is 120 cm³/mol. The van der Waals surface area contributed by atoms with E-state index >= 15 is 0 Å². The summed E-state index contributed by atoms with van der Waals surface area (Å²) in [6, 6.07) is 24.4. The number of para-hydroxylation sites is 1. The van der Waals surface area contributed by atoms with Crippen LogP contribution in [0.4, 0.5) is 0 Å². The topological polar surface area (TPSA) is 56.3 Å². The number of nitrogens with zero attached hydrogens (tertiary/aromatic N) is 1. The van der Waals surface area contributed by atoms with Gasteiger partial charge in [-0.05, 0) is 43.7 Å². The maximum atomic E-state index is 13.1. The van der Waals surface area contributed by atoms with Crippen LogP contribution in [0.2, 0.25) is 0 Å². The summed E-state index contributed by atoms with van der Waals surface area (Å²) in [6.45, 7) is 4.09. The molecule has 6 heteroatoms. The fourth-order valence-corrected chi connectivity index (χ4v) is 6.01. The summed E-state index contributed by atoms with van der Waals surface area (Å²) in [4.78, 5) is 4.84. The Morgan fingerprint density at radius 3 is 2.27 bits per heavy atom. The molecular formula is C24H21NO3S2. The van der Waals surface area contributed by atoms with Crippen molar-refractivity contribution >= 4 is 21.2 Å². The fraction of sp³-hybridized carbons (Fsp3) is 0.125. The quantitative estimate of drug-likeness (QED) is 0.382. The van der Waals surface area contributed by atoms with E-state index < -0.39 is 9.84 Å². The SMILES string of the molecule is Cc1ccc(S(=O)(=O)c2sc(-c3ccccc3OCc3ccccc3)nc2C)cc1. The van der Waals surface area contributed by atoms with Crippen LogP contribution in [0.5, 0.6) is 5.75 Å². The molecule has 1 aromatic heterocycles. The number of hydrogen-bond acceptors (Lipinski definition) is 5. The number of sulfone groups is 1. The lowest BCUT2D eigenvalue weighted by Gasteiger charge is -2.10. The highest BCUT2D eigenvalue weighted by Crippen LogP contribution is 2.38. The number of rotatable bonds is 6. The van der Waals surface area contributed by atoms with Crippen LogP contribution in [-0.2, 0) is 16.4 Å². The van der Waals surface area contributed by atoms with Gasteiger partial charge in [0.2, 0.25) is 9.84 Å². The van der Waals surface area contributed by atoms with Crippen LogP contribution in [-0.4, -0.2) is 13.4 Å². The van der Waals surface area contributed by atoms with Crippen LogP contribution in [0.1, 0.15) is 16.8 Å². The summed E-state index contributed by atoms with van der Waals surface area (Å²) in [7, 11) is -3.63. The Bertz CT molecular complexity index is 1260. The lowest BCUT2D eigenvalue weighted by molar-refractivity contribution is 0.307. The minimum Gasteiger partial charge on any atom is -0.488 e. The van der Waals surface area contributed by atoms with Crippen LogP contribution in [0.25, 0.3) is 10.6 Å². The van der Waals surface area contributed by atoms with E-state index in [1.54, 1.807) is 31.2 Å². The van der Waals surface area contributed by atoms with Gasteiger partial charge < -0.3 is 4.74 Å². The molecule has 4 rings (SSSR count). The summed E-state index contributed by atoms with van der Waals surface area (Å²) in [5.41, 5.74) is 3.35. The van der Waals surface area contributed by atoms with Crippen molar-refractivity contribution in [2.24, 2.45) is 0 Å². The first-order valence-electron chi connectivity index (χ1n) is 9.50. The van der Waals surface area contributed by atoms with Crippen LogP contribution in [0.3, 0.4) is 0 Å². The molecule has 4 aromatic rings. The van der Waals surface area contributed by atoms with Crippen molar-refractivity contribution in [2.75, 3.05) is 0 Å². The van der Waals surface area contributed by atoms with Gasteiger partial charge in [-0.25, -0.2) is 13.4 Å². The van der Waals surface area contributed by atoms with Crippen molar-refractivity contribution in [3.8, 4) is 16.3 Å². The minimum absolute atomic E-state index is 0.263. The lowest BCUT2D eigenvalue weighted by atomic mass is 10.2. The zero-order valence-corrected chi connectivity index (χ0v) is 18.3. The first-order chi connectivity index (χ1) is 14.4. The van der Waals surface area contributed by atoms with Gasteiger partial charge in [0.25, 0.3) is 0 Å². The molecule has 0 radical (unpaired) electrons. The molecule has 152 valence electrons. The summed E-state index contributed by atoms with van der Waals surface area (Å²) >= 11 is 1.18. The molecule has 3 aromatic carbocycles. The third kappa shape index (κ3) is 4.15. The highest BCUT2D eigenvalue weighted by atomic mass is 32.2. The first kappa shape index (κ1) is 20.3. The number of hydrogen-bond donors (Lipinski definition) is 0. The predicted octanol–water partition coefficient (Wildman–Crippen LogP) is 5.84. The second-order valence-electron chi connectivity index (χ2n) is 6.98. The molecule has 4 nitrogen and oxygen atoms in total. The molecule has 0 amide bonds. The normalized spacial score (nSPS) is 11.4. The second-order valence-corrected chi connectivity index (χ2v) is 10.1. The third-order valence-electron chi connectivity index (χ3n) is 4.68. The summed E-state index contributed by atoms with van der Waals surface area (Å²) in [5, 5.41) is 0.627. The minimum atomic E-state index is -3.63. The lowest BCUT2D eigenvalue weighted by Crippen LogP contribution is -2.01. The van der Waals surface area contributed by atoms with Gasteiger partial charge in [0, 0.05) is 0 Å². The number of thiazole rings is 1. The molecule has 0 fully saturated rings. The van der Waals surface area contributed by atoms with Gasteiger partial charge in [-0.15, -0.1) is 11.3 Å². The van der Waals surface area contributed by atoms with E-state index in [4.69, 9.17) is 4.74 Å². The van der Waals surface area contributed by atoms with Gasteiger partial charge in [-0.2, -0.15) is 0 Å². The third-order valence-corrected chi connectivity index (χ3v) is 8.25. The Morgan fingerprint density at radius 1 is 0.867 bits per heavy atom. The molecule has 0 spiro atoms. The molecule has 1 heterocycles. The second kappa shape index (κ2) is 8.42. The van der Waals surface area contributed by atoms with Crippen molar-refractivity contribution in [1.82, 2.24) is 4.98 Å². The molecule has 0 N–H and O–H groups in total. The maximum Gasteiger partial charge on any atom is 0.217 e. The molecular weight excluding hydrogens is 414 g/mol. The van der Waals surface area contributed by atoms with Gasteiger partial charge >= 0.3 is 0 Å². The van der Waals surface area contributed by atoms with Gasteiger partial charge in [0.15, 0.2) is 0 Å². The van der Waals surface area contributed by atoms with Gasteiger partial charge in [-0.1, -0.05) is 60.2 Å². The summed E-state index contributed by atoms with van der Waals surface area (Å²) < 4.78 is 32.6. The Balaban J connectivity index is 1.67. The molecule has 0 aliphatic carbocycles. The molecule has 0 aliphatic rings. The monoisotopic (exact) mass is 435 g/mol. The van der Waals surface area contributed by atoms with Crippen LogP contribution in [0, 0.1) is 13.8 Å². The van der Waals surface area contributed by atoms with E-state index in [9.17, 15) is 8.42 Å². The summed E-state index contributed by atoms with van der Waals surface area (Å²) in [5.74, 6) is 0.675. The van der Waals surface area contributed by atoms with Crippen molar-refractivity contribution in [3.05, 3.63) is 95.7 Å². The number of ether oxygens (including phenoxy) is 1. The molecule has 30 heavy (non-hydrogen) atoms. The highest BCUT2D eigenvalue weighted by Gasteiger charge is 2.25. The van der Waals surface area contributed by atoms with Crippen LogP contribution < -0.4 is 4.74 Å². The standard InChI is InChI=1S/C24H21NO3S2/c1-17-12-14-20(15-13-17)30(26,27)24-18(2)25-23(29-24)21-10-6-7-11-22(21)28-16-19-8-4-3-5-9-19/h3-15H,16H2,1-2H3. The van der Waals surface area contributed by atoms with Crippen molar-refractivity contribution < 1.29 is 13.2 Å². The van der Waals surface area contributed by atoms with Crippen LogP contribution >= 0.6 is 11.3 Å². The van der Waals surface area contributed by atoms with Crippen molar-refractivity contribution in [3.63, 3.8) is 0 Å². The van der Waals surface area contributed by atoms with Gasteiger partial charge in [0.1, 0.15) is 21.6 Å². The van der Waals surface area contributed by atoms with E-state index in [-0.39, 0.29) is 9.10 Å².